The third-order valence-corrected chi connectivity index (χ3v) is 4.04. The first-order chi connectivity index (χ1) is 12.6. The molecule has 2 aromatic rings. The molecule has 0 saturated heterocycles. The van der Waals surface area contributed by atoms with Crippen molar-refractivity contribution in [1.82, 2.24) is 5.32 Å². The summed E-state index contributed by atoms with van der Waals surface area (Å²) in [6.07, 6.45) is 2.12. The molecule has 0 radical (unpaired) electrons. The van der Waals surface area contributed by atoms with E-state index in [9.17, 15) is 14.0 Å². The first-order valence-corrected chi connectivity index (χ1v) is 8.65. The zero-order valence-corrected chi connectivity index (χ0v) is 14.3. The van der Waals surface area contributed by atoms with Gasteiger partial charge < -0.3 is 15.4 Å². The average molecular weight is 356 g/mol. The third kappa shape index (κ3) is 5.58. The van der Waals surface area contributed by atoms with E-state index in [4.69, 9.17) is 4.74 Å². The van der Waals surface area contributed by atoms with Crippen molar-refractivity contribution in [2.24, 2.45) is 5.92 Å². The molecule has 0 unspecified atom stereocenters. The molecule has 6 heteroatoms. The quantitative estimate of drug-likeness (QED) is 0.763. The normalized spacial score (nSPS) is 13.1. The Labute approximate surface area is 151 Å². The summed E-state index contributed by atoms with van der Waals surface area (Å²) in [5.41, 5.74) is 1.65. The predicted octanol–water partition coefficient (Wildman–Crippen LogP) is 3.26. The summed E-state index contributed by atoms with van der Waals surface area (Å²) in [4.78, 5) is 23.7. The van der Waals surface area contributed by atoms with Gasteiger partial charge in [0.25, 0.3) is 0 Å². The van der Waals surface area contributed by atoms with Crippen LogP contribution in [0.2, 0.25) is 0 Å². The number of amides is 2. The van der Waals surface area contributed by atoms with Crippen LogP contribution in [0, 0.1) is 11.7 Å². The van der Waals surface area contributed by atoms with Crippen molar-refractivity contribution in [3.8, 4) is 5.75 Å². The van der Waals surface area contributed by atoms with Crippen molar-refractivity contribution < 1.29 is 18.7 Å². The molecule has 0 atom stereocenters. The molecule has 1 aliphatic carbocycles. The van der Waals surface area contributed by atoms with Crippen LogP contribution in [0.5, 0.6) is 5.75 Å². The molecule has 5 nitrogen and oxygen atoms in total. The molecule has 0 aliphatic heterocycles. The Morgan fingerprint density at radius 2 is 1.88 bits per heavy atom. The SMILES string of the molecule is O=C(CCOc1ccc(F)cc1)NCc1cccc(NC(=O)C2CC2)c1. The van der Waals surface area contributed by atoms with E-state index < -0.39 is 0 Å². The van der Waals surface area contributed by atoms with Gasteiger partial charge in [-0.1, -0.05) is 12.1 Å². The number of nitrogens with one attached hydrogen (secondary N) is 2. The molecule has 2 aromatic carbocycles. The van der Waals surface area contributed by atoms with Gasteiger partial charge in [-0.25, -0.2) is 4.39 Å². The maximum atomic E-state index is 12.8. The standard InChI is InChI=1S/C20H21FN2O3/c21-16-6-8-18(9-7-16)26-11-10-19(24)22-13-14-2-1-3-17(12-14)23-20(25)15-4-5-15/h1-3,6-9,12,15H,4-5,10-11,13H2,(H,22,24)(H,23,25). The Hall–Kier alpha value is -2.89. The van der Waals surface area contributed by atoms with Gasteiger partial charge in [-0.05, 0) is 54.8 Å². The van der Waals surface area contributed by atoms with Crippen molar-refractivity contribution in [1.29, 1.82) is 0 Å². The van der Waals surface area contributed by atoms with E-state index in [1.54, 1.807) is 0 Å². The van der Waals surface area contributed by atoms with Crippen molar-refractivity contribution in [2.45, 2.75) is 25.8 Å². The summed E-state index contributed by atoms with van der Waals surface area (Å²) in [7, 11) is 0. The lowest BCUT2D eigenvalue weighted by Crippen LogP contribution is -2.24. The molecule has 2 N–H and O–H groups in total. The first-order valence-electron chi connectivity index (χ1n) is 8.65. The second-order valence-electron chi connectivity index (χ2n) is 6.29. The van der Waals surface area contributed by atoms with Crippen LogP contribution in [0.25, 0.3) is 0 Å². The first kappa shape index (κ1) is 17.9. The van der Waals surface area contributed by atoms with Gasteiger partial charge >= 0.3 is 0 Å². The van der Waals surface area contributed by atoms with Gasteiger partial charge in [0.2, 0.25) is 11.8 Å². The zero-order chi connectivity index (χ0) is 18.4. The van der Waals surface area contributed by atoms with E-state index in [2.05, 4.69) is 10.6 Å². The highest BCUT2D eigenvalue weighted by atomic mass is 19.1. The third-order valence-electron chi connectivity index (χ3n) is 4.04. The minimum atomic E-state index is -0.328. The largest absolute Gasteiger partial charge is 0.493 e. The molecule has 1 aliphatic rings. The van der Waals surface area contributed by atoms with Crippen molar-refractivity contribution in [2.75, 3.05) is 11.9 Å². The minimum absolute atomic E-state index is 0.0594. The molecule has 0 aromatic heterocycles. The number of hydrogen-bond acceptors (Lipinski definition) is 3. The highest BCUT2D eigenvalue weighted by Crippen LogP contribution is 2.30. The van der Waals surface area contributed by atoms with E-state index in [0.29, 0.717) is 12.3 Å². The smallest absolute Gasteiger partial charge is 0.227 e. The molecule has 1 saturated carbocycles. The fourth-order valence-corrected chi connectivity index (χ4v) is 2.43. The Kier molecular flexibility index (Phi) is 5.84. The fourth-order valence-electron chi connectivity index (χ4n) is 2.43. The molecule has 136 valence electrons. The number of carbonyl (C=O) groups excluding carboxylic acids is 2. The number of carbonyl (C=O) groups is 2. The number of hydrogen-bond donors (Lipinski definition) is 2. The number of anilines is 1. The maximum absolute atomic E-state index is 12.8. The molecule has 3 rings (SSSR count). The van der Waals surface area contributed by atoms with Crippen LogP contribution in [0.15, 0.2) is 48.5 Å². The lowest BCUT2D eigenvalue weighted by atomic mass is 10.2. The Bertz CT molecular complexity index is 773. The summed E-state index contributed by atoms with van der Waals surface area (Å²) >= 11 is 0. The van der Waals surface area contributed by atoms with Crippen LogP contribution in [0.4, 0.5) is 10.1 Å². The molecular formula is C20H21FN2O3. The maximum Gasteiger partial charge on any atom is 0.227 e. The topological polar surface area (TPSA) is 67.4 Å². The van der Waals surface area contributed by atoms with E-state index in [1.165, 1.54) is 24.3 Å². The number of rotatable bonds is 8. The van der Waals surface area contributed by atoms with Gasteiger partial charge in [0.05, 0.1) is 13.0 Å². The lowest BCUT2D eigenvalue weighted by Gasteiger charge is -2.09. The number of ether oxygens (including phenoxy) is 1. The van der Waals surface area contributed by atoms with Gasteiger partial charge in [-0.3, -0.25) is 9.59 Å². The summed E-state index contributed by atoms with van der Waals surface area (Å²) in [5.74, 6) is 0.270. The van der Waals surface area contributed by atoms with Crippen molar-refractivity contribution in [3.63, 3.8) is 0 Å². The van der Waals surface area contributed by atoms with Crippen molar-refractivity contribution in [3.05, 3.63) is 59.9 Å². The van der Waals surface area contributed by atoms with Crippen LogP contribution < -0.4 is 15.4 Å². The van der Waals surface area contributed by atoms with Crippen LogP contribution in [-0.2, 0) is 16.1 Å². The Balaban J connectivity index is 1.39. The molecule has 0 spiro atoms. The van der Waals surface area contributed by atoms with E-state index in [1.807, 2.05) is 24.3 Å². The minimum Gasteiger partial charge on any atom is -0.493 e. The predicted molar refractivity (Wildman–Crippen MR) is 96.2 cm³/mol. The molecular weight excluding hydrogens is 335 g/mol. The highest BCUT2D eigenvalue weighted by Gasteiger charge is 2.29. The lowest BCUT2D eigenvalue weighted by molar-refractivity contribution is -0.121. The number of benzene rings is 2. The molecule has 2 amide bonds. The second kappa shape index (κ2) is 8.47. The summed E-state index contributed by atoms with van der Waals surface area (Å²) < 4.78 is 18.2. The van der Waals surface area contributed by atoms with Gasteiger partial charge in [-0.2, -0.15) is 0 Å². The van der Waals surface area contributed by atoms with Crippen molar-refractivity contribution >= 4 is 17.5 Å². The van der Waals surface area contributed by atoms with Crippen LogP contribution in [0.3, 0.4) is 0 Å². The summed E-state index contributed by atoms with van der Waals surface area (Å²) in [6, 6.07) is 13.1. The fraction of sp³-hybridized carbons (Fsp3) is 0.300. The van der Waals surface area contributed by atoms with Gasteiger partial charge in [0.1, 0.15) is 11.6 Å². The number of halogens is 1. The highest BCUT2D eigenvalue weighted by molar-refractivity contribution is 5.94. The summed E-state index contributed by atoms with van der Waals surface area (Å²) in [5, 5.41) is 5.71. The average Bonchev–Trinajstić information content (AvgIpc) is 3.47. The molecule has 26 heavy (non-hydrogen) atoms. The van der Waals surface area contributed by atoms with E-state index >= 15 is 0 Å². The monoisotopic (exact) mass is 356 g/mol. The van der Waals surface area contributed by atoms with E-state index in [0.717, 1.165) is 24.1 Å². The van der Waals surface area contributed by atoms with Crippen LogP contribution >= 0.6 is 0 Å². The summed E-state index contributed by atoms with van der Waals surface area (Å²) in [6.45, 7) is 0.595. The van der Waals surface area contributed by atoms with Crippen LogP contribution in [-0.4, -0.2) is 18.4 Å². The molecule has 0 bridgehead atoms. The van der Waals surface area contributed by atoms with Gasteiger partial charge in [0, 0.05) is 18.2 Å². The second-order valence-corrected chi connectivity index (χ2v) is 6.29. The van der Waals surface area contributed by atoms with Gasteiger partial charge in [0.15, 0.2) is 0 Å². The van der Waals surface area contributed by atoms with E-state index in [-0.39, 0.29) is 36.6 Å². The molecule has 1 fully saturated rings. The zero-order valence-electron chi connectivity index (χ0n) is 14.3. The van der Waals surface area contributed by atoms with Gasteiger partial charge in [-0.15, -0.1) is 0 Å². The Morgan fingerprint density at radius 3 is 2.62 bits per heavy atom. The molecule has 0 heterocycles. The van der Waals surface area contributed by atoms with Crippen LogP contribution in [0.1, 0.15) is 24.8 Å². The Morgan fingerprint density at radius 1 is 1.12 bits per heavy atom.